The lowest BCUT2D eigenvalue weighted by molar-refractivity contribution is -0.141. The second-order valence-electron chi connectivity index (χ2n) is 10.4. The van der Waals surface area contributed by atoms with Gasteiger partial charge in [-0.1, -0.05) is 32.9 Å². The maximum Gasteiger partial charge on any atom is 0.433 e. The van der Waals surface area contributed by atoms with Crippen molar-refractivity contribution in [2.45, 2.75) is 51.6 Å². The molecule has 2 aliphatic heterocycles. The molecule has 0 radical (unpaired) electrons. The average Bonchev–Trinajstić information content (AvgIpc) is 2.82. The Morgan fingerprint density at radius 2 is 1.58 bits per heavy atom. The highest BCUT2D eigenvalue weighted by atomic mass is 19.4. The summed E-state index contributed by atoms with van der Waals surface area (Å²) in [5, 5.41) is 0. The number of anilines is 2. The smallest absolute Gasteiger partial charge is 0.354 e. The molecule has 1 amide bonds. The van der Waals surface area contributed by atoms with Crippen LogP contribution in [0.2, 0.25) is 0 Å². The van der Waals surface area contributed by atoms with Crippen LogP contribution in [-0.4, -0.2) is 65.8 Å². The predicted octanol–water partition coefficient (Wildman–Crippen LogP) is 4.31. The highest BCUT2D eigenvalue weighted by Gasteiger charge is 2.36. The number of halogens is 3. The van der Waals surface area contributed by atoms with Crippen LogP contribution in [0.15, 0.2) is 30.3 Å². The zero-order chi connectivity index (χ0) is 26.1. The molecule has 0 saturated carbocycles. The Labute approximate surface area is 209 Å². The number of ketones is 1. The molecular weight excluding hydrogens is 471 g/mol. The fourth-order valence-electron chi connectivity index (χ4n) is 4.54. The molecule has 36 heavy (non-hydrogen) atoms. The summed E-state index contributed by atoms with van der Waals surface area (Å²) in [6.45, 7) is 9.40. The van der Waals surface area contributed by atoms with Crippen molar-refractivity contribution in [3.8, 4) is 0 Å². The Bertz CT molecular complexity index is 1090. The molecule has 1 saturated heterocycles. The first kappa shape index (κ1) is 26.1. The van der Waals surface area contributed by atoms with Crippen LogP contribution < -0.4 is 9.80 Å². The van der Waals surface area contributed by atoms with Crippen molar-refractivity contribution in [2.24, 2.45) is 0 Å². The number of amides is 1. The lowest BCUT2D eigenvalue weighted by atomic mass is 9.95. The second-order valence-corrected chi connectivity index (χ2v) is 10.4. The van der Waals surface area contributed by atoms with Gasteiger partial charge < -0.3 is 9.80 Å². The number of Topliss-reactive ketones (excluding diaryl/α,β-unsaturated/α-hetero) is 1. The molecule has 10 heteroatoms. The zero-order valence-electron chi connectivity index (χ0n) is 20.9. The van der Waals surface area contributed by atoms with Crippen molar-refractivity contribution in [2.75, 3.05) is 49.1 Å². The van der Waals surface area contributed by atoms with Crippen molar-refractivity contribution < 1.29 is 22.8 Å². The summed E-state index contributed by atoms with van der Waals surface area (Å²) >= 11 is 0. The van der Waals surface area contributed by atoms with Crippen LogP contribution in [0, 0.1) is 0 Å². The molecule has 194 valence electrons. The molecule has 1 aromatic heterocycles. The van der Waals surface area contributed by atoms with Gasteiger partial charge in [-0.25, -0.2) is 9.97 Å². The van der Waals surface area contributed by atoms with Crippen molar-refractivity contribution in [1.82, 2.24) is 14.9 Å². The van der Waals surface area contributed by atoms with E-state index >= 15 is 0 Å². The summed E-state index contributed by atoms with van der Waals surface area (Å²) in [4.78, 5) is 38.6. The van der Waals surface area contributed by atoms with E-state index in [0.717, 1.165) is 38.5 Å². The SMILES string of the molecule is CC(C)(C)c1nc(N2CCN(CCCCN3C(=O)CC(=O)c4ccccc43)CC2)cc(C(F)(F)F)n1. The van der Waals surface area contributed by atoms with Gasteiger partial charge in [-0.05, 0) is 31.5 Å². The molecule has 1 fully saturated rings. The van der Waals surface area contributed by atoms with Crippen molar-refractivity contribution >= 4 is 23.2 Å². The van der Waals surface area contributed by atoms with E-state index in [9.17, 15) is 22.8 Å². The number of hydrogen-bond donors (Lipinski definition) is 0. The highest BCUT2D eigenvalue weighted by Crippen LogP contribution is 2.32. The summed E-state index contributed by atoms with van der Waals surface area (Å²) in [6, 6.07) is 8.25. The van der Waals surface area contributed by atoms with E-state index in [-0.39, 0.29) is 23.9 Å². The number of carbonyl (C=O) groups is 2. The van der Waals surface area contributed by atoms with E-state index in [1.807, 2.05) is 17.0 Å². The Morgan fingerprint density at radius 1 is 0.917 bits per heavy atom. The molecule has 0 atom stereocenters. The number of fused-ring (bicyclic) bond motifs is 1. The number of alkyl halides is 3. The largest absolute Gasteiger partial charge is 0.433 e. The molecule has 4 rings (SSSR count). The van der Waals surface area contributed by atoms with Crippen molar-refractivity contribution in [3.05, 3.63) is 47.4 Å². The first-order chi connectivity index (χ1) is 16.9. The van der Waals surface area contributed by atoms with Gasteiger partial charge in [0.25, 0.3) is 0 Å². The zero-order valence-corrected chi connectivity index (χ0v) is 20.9. The number of nitrogens with zero attached hydrogens (tertiary/aromatic N) is 5. The minimum atomic E-state index is -4.52. The Hall–Kier alpha value is -3.01. The number of unbranched alkanes of at least 4 members (excludes halogenated alkanes) is 1. The van der Waals surface area contributed by atoms with E-state index < -0.39 is 17.3 Å². The van der Waals surface area contributed by atoms with Gasteiger partial charge in [0.2, 0.25) is 5.91 Å². The average molecular weight is 504 g/mol. The van der Waals surface area contributed by atoms with E-state index in [0.29, 0.717) is 36.7 Å². The minimum absolute atomic E-state index is 0.0883. The van der Waals surface area contributed by atoms with Crippen LogP contribution >= 0.6 is 0 Å². The summed E-state index contributed by atoms with van der Waals surface area (Å²) in [6.07, 6.45) is -2.94. The molecular formula is C26H32F3N5O2. The lowest BCUT2D eigenvalue weighted by Gasteiger charge is -2.36. The Balaban J connectivity index is 1.30. The van der Waals surface area contributed by atoms with Gasteiger partial charge >= 0.3 is 6.18 Å². The quantitative estimate of drug-likeness (QED) is 0.432. The number of aromatic nitrogens is 2. The maximum absolute atomic E-state index is 13.4. The normalized spacial score (nSPS) is 17.5. The molecule has 0 aliphatic carbocycles. The maximum atomic E-state index is 13.4. The number of hydrogen-bond acceptors (Lipinski definition) is 6. The van der Waals surface area contributed by atoms with Crippen LogP contribution in [0.25, 0.3) is 0 Å². The van der Waals surface area contributed by atoms with Crippen molar-refractivity contribution in [3.63, 3.8) is 0 Å². The third kappa shape index (κ3) is 5.86. The first-order valence-electron chi connectivity index (χ1n) is 12.3. The van der Waals surface area contributed by atoms with Crippen LogP contribution in [0.3, 0.4) is 0 Å². The second kappa shape index (κ2) is 10.2. The van der Waals surface area contributed by atoms with Gasteiger partial charge in [-0.3, -0.25) is 14.5 Å². The van der Waals surface area contributed by atoms with Gasteiger partial charge in [-0.2, -0.15) is 13.2 Å². The minimum Gasteiger partial charge on any atom is -0.354 e. The third-order valence-electron chi connectivity index (χ3n) is 6.58. The summed E-state index contributed by atoms with van der Waals surface area (Å²) in [5.74, 6) is 0.208. The molecule has 2 aromatic rings. The van der Waals surface area contributed by atoms with Crippen LogP contribution in [0.4, 0.5) is 24.7 Å². The summed E-state index contributed by atoms with van der Waals surface area (Å²) < 4.78 is 40.3. The fourth-order valence-corrected chi connectivity index (χ4v) is 4.54. The molecule has 0 bridgehead atoms. The number of para-hydroxylation sites is 1. The van der Waals surface area contributed by atoms with Crippen LogP contribution in [0.1, 0.15) is 61.9 Å². The lowest BCUT2D eigenvalue weighted by Crippen LogP contribution is -2.47. The molecule has 3 heterocycles. The highest BCUT2D eigenvalue weighted by molar-refractivity contribution is 6.19. The molecule has 0 N–H and O–H groups in total. The van der Waals surface area contributed by atoms with E-state index in [2.05, 4.69) is 14.9 Å². The summed E-state index contributed by atoms with van der Waals surface area (Å²) in [7, 11) is 0. The molecule has 7 nitrogen and oxygen atoms in total. The van der Waals surface area contributed by atoms with Gasteiger partial charge in [0.1, 0.15) is 17.3 Å². The van der Waals surface area contributed by atoms with E-state index in [4.69, 9.17) is 0 Å². The third-order valence-corrected chi connectivity index (χ3v) is 6.58. The Kier molecular flexibility index (Phi) is 7.36. The Morgan fingerprint density at radius 3 is 2.25 bits per heavy atom. The van der Waals surface area contributed by atoms with Gasteiger partial charge in [0.05, 0.1) is 12.1 Å². The van der Waals surface area contributed by atoms with E-state index in [1.54, 1.807) is 37.8 Å². The standard InChI is InChI=1S/C26H32F3N5O2/c1-25(2,3)24-30-21(26(27,28)29)17-22(31-24)33-14-12-32(13-15-33)10-6-7-11-34-19-9-5-4-8-18(19)20(35)16-23(34)36/h4-5,8-9,17H,6-7,10-16H2,1-3H3. The first-order valence-corrected chi connectivity index (χ1v) is 12.3. The topological polar surface area (TPSA) is 69.6 Å². The fraction of sp³-hybridized carbons (Fsp3) is 0.538. The predicted molar refractivity (Wildman–Crippen MR) is 131 cm³/mol. The summed E-state index contributed by atoms with van der Waals surface area (Å²) in [5.41, 5.74) is -0.219. The molecule has 0 unspecified atom stereocenters. The van der Waals surface area contributed by atoms with E-state index in [1.165, 1.54) is 0 Å². The monoisotopic (exact) mass is 503 g/mol. The molecule has 2 aliphatic rings. The van der Waals surface area contributed by atoms with Crippen molar-refractivity contribution in [1.29, 1.82) is 0 Å². The van der Waals surface area contributed by atoms with Crippen LogP contribution in [0.5, 0.6) is 0 Å². The van der Waals surface area contributed by atoms with Crippen LogP contribution in [-0.2, 0) is 16.4 Å². The van der Waals surface area contributed by atoms with Gasteiger partial charge in [-0.15, -0.1) is 0 Å². The van der Waals surface area contributed by atoms with Gasteiger partial charge in [0, 0.05) is 49.8 Å². The molecule has 0 spiro atoms. The number of benzene rings is 1. The number of piperazine rings is 1. The molecule has 1 aromatic carbocycles. The number of rotatable bonds is 6. The van der Waals surface area contributed by atoms with Gasteiger partial charge in [0.15, 0.2) is 5.78 Å². The number of carbonyl (C=O) groups excluding carboxylic acids is 2.